The average molecular weight is 376 g/mol. The van der Waals surface area contributed by atoms with E-state index in [4.69, 9.17) is 9.84 Å². The Kier molecular flexibility index (Phi) is 6.36. The molecular formula is C22H20N2O4. The van der Waals surface area contributed by atoms with Crippen LogP contribution in [0, 0.1) is 0 Å². The summed E-state index contributed by atoms with van der Waals surface area (Å²) in [6, 6.07) is 22.6. The van der Waals surface area contributed by atoms with E-state index in [1.165, 1.54) is 0 Å². The van der Waals surface area contributed by atoms with Gasteiger partial charge in [0.1, 0.15) is 5.75 Å². The van der Waals surface area contributed by atoms with Gasteiger partial charge >= 0.3 is 5.97 Å². The van der Waals surface area contributed by atoms with E-state index in [2.05, 4.69) is 10.5 Å². The number of nitrogens with one attached hydrogen (secondary N) is 1. The second-order valence-electron chi connectivity index (χ2n) is 6.15. The highest BCUT2D eigenvalue weighted by molar-refractivity contribution is 6.02. The van der Waals surface area contributed by atoms with Crippen LogP contribution in [0.25, 0.3) is 10.8 Å². The quantitative estimate of drug-likeness (QED) is 0.464. The number of amides is 1. The lowest BCUT2D eigenvalue weighted by molar-refractivity contribution is -0.136. The highest BCUT2D eigenvalue weighted by atomic mass is 16.5. The number of fused-ring (bicyclic) bond motifs is 1. The van der Waals surface area contributed by atoms with E-state index in [9.17, 15) is 9.59 Å². The van der Waals surface area contributed by atoms with Crippen LogP contribution in [-0.4, -0.2) is 29.3 Å². The van der Waals surface area contributed by atoms with Gasteiger partial charge in [-0.15, -0.1) is 0 Å². The third-order valence-electron chi connectivity index (χ3n) is 4.09. The van der Waals surface area contributed by atoms with Gasteiger partial charge < -0.3 is 9.84 Å². The first kappa shape index (κ1) is 19.1. The van der Waals surface area contributed by atoms with Crippen molar-refractivity contribution in [1.82, 2.24) is 5.43 Å². The van der Waals surface area contributed by atoms with Gasteiger partial charge in [0, 0.05) is 6.42 Å². The molecule has 0 aliphatic rings. The van der Waals surface area contributed by atoms with Crippen LogP contribution in [-0.2, 0) is 9.59 Å². The number of hydrogen-bond donors (Lipinski definition) is 2. The molecule has 0 atom stereocenters. The maximum atomic E-state index is 12.1. The predicted octanol–water partition coefficient (Wildman–Crippen LogP) is 3.60. The number of benzene rings is 3. The molecule has 3 rings (SSSR count). The largest absolute Gasteiger partial charge is 0.484 e. The summed E-state index contributed by atoms with van der Waals surface area (Å²) in [5.74, 6) is -0.751. The second-order valence-corrected chi connectivity index (χ2v) is 6.15. The van der Waals surface area contributed by atoms with E-state index < -0.39 is 11.9 Å². The highest BCUT2D eigenvalue weighted by Crippen LogP contribution is 2.20. The molecule has 28 heavy (non-hydrogen) atoms. The number of rotatable bonds is 8. The van der Waals surface area contributed by atoms with Crippen LogP contribution < -0.4 is 10.2 Å². The lowest BCUT2D eigenvalue weighted by Crippen LogP contribution is -2.26. The van der Waals surface area contributed by atoms with Gasteiger partial charge in [0.25, 0.3) is 5.91 Å². The second kappa shape index (κ2) is 9.32. The van der Waals surface area contributed by atoms with Gasteiger partial charge in [0.15, 0.2) is 6.61 Å². The fourth-order valence-corrected chi connectivity index (χ4v) is 2.69. The summed E-state index contributed by atoms with van der Waals surface area (Å²) in [6.45, 7) is -0.192. The van der Waals surface area contributed by atoms with Gasteiger partial charge in [-0.3, -0.25) is 9.59 Å². The fourth-order valence-electron chi connectivity index (χ4n) is 2.69. The van der Waals surface area contributed by atoms with Crippen molar-refractivity contribution in [3.05, 3.63) is 78.4 Å². The standard InChI is InChI=1S/C22H20N2O4/c25-21(15-28-19-11-10-16-6-4-5-9-18(16)14-19)24-23-20(12-13-22(26)27)17-7-2-1-3-8-17/h1-11,14H,12-13,15H2,(H,24,25)(H,26,27)/b23-20+. The van der Waals surface area contributed by atoms with Gasteiger partial charge in [0.2, 0.25) is 0 Å². The fraction of sp³-hybridized carbons (Fsp3) is 0.136. The molecule has 0 aromatic heterocycles. The number of carboxylic acids is 1. The summed E-state index contributed by atoms with van der Waals surface area (Å²) in [6.07, 6.45) is 0.141. The van der Waals surface area contributed by atoms with Crippen LogP contribution in [0.2, 0.25) is 0 Å². The minimum atomic E-state index is -0.922. The molecule has 0 aliphatic carbocycles. The van der Waals surface area contributed by atoms with Crippen LogP contribution >= 0.6 is 0 Å². The number of carbonyl (C=O) groups is 2. The Balaban J connectivity index is 1.61. The lowest BCUT2D eigenvalue weighted by atomic mass is 10.1. The smallest absolute Gasteiger partial charge is 0.303 e. The summed E-state index contributed by atoms with van der Waals surface area (Å²) < 4.78 is 5.54. The van der Waals surface area contributed by atoms with Crippen molar-refractivity contribution in [1.29, 1.82) is 0 Å². The summed E-state index contributed by atoms with van der Waals surface area (Å²) in [7, 11) is 0. The number of nitrogens with zero attached hydrogens (tertiary/aromatic N) is 1. The zero-order valence-electron chi connectivity index (χ0n) is 15.2. The van der Waals surface area contributed by atoms with Crippen molar-refractivity contribution in [3.63, 3.8) is 0 Å². The van der Waals surface area contributed by atoms with Crippen molar-refractivity contribution >= 4 is 28.4 Å². The summed E-state index contributed by atoms with van der Waals surface area (Å²) in [5.41, 5.74) is 3.71. The predicted molar refractivity (Wildman–Crippen MR) is 107 cm³/mol. The maximum absolute atomic E-state index is 12.1. The van der Waals surface area contributed by atoms with Crippen LogP contribution in [0.4, 0.5) is 0 Å². The van der Waals surface area contributed by atoms with Gasteiger partial charge in [-0.05, 0) is 28.5 Å². The van der Waals surface area contributed by atoms with Crippen LogP contribution in [0.5, 0.6) is 5.75 Å². The summed E-state index contributed by atoms with van der Waals surface area (Å²) in [5, 5.41) is 15.1. The topological polar surface area (TPSA) is 88.0 Å². The van der Waals surface area contributed by atoms with Gasteiger partial charge in [0.05, 0.1) is 12.1 Å². The van der Waals surface area contributed by atoms with Crippen LogP contribution in [0.1, 0.15) is 18.4 Å². The molecule has 6 nitrogen and oxygen atoms in total. The number of hydrogen-bond acceptors (Lipinski definition) is 4. The number of aliphatic carboxylic acids is 1. The molecule has 3 aromatic rings. The Bertz CT molecular complexity index is 1000. The Labute approximate surface area is 162 Å². The molecule has 0 saturated carbocycles. The third-order valence-corrected chi connectivity index (χ3v) is 4.09. The molecule has 0 bridgehead atoms. The lowest BCUT2D eigenvalue weighted by Gasteiger charge is -2.08. The van der Waals surface area contributed by atoms with Gasteiger partial charge in [-0.1, -0.05) is 60.7 Å². The number of ether oxygens (including phenoxy) is 1. The molecule has 0 aliphatic heterocycles. The summed E-state index contributed by atoms with van der Waals surface area (Å²) >= 11 is 0. The first-order valence-electron chi connectivity index (χ1n) is 8.86. The Morgan fingerprint density at radius 2 is 1.61 bits per heavy atom. The number of carboxylic acid groups (broad SMARTS) is 1. The number of carbonyl (C=O) groups excluding carboxylic acids is 1. The average Bonchev–Trinajstić information content (AvgIpc) is 2.72. The van der Waals surface area contributed by atoms with E-state index in [0.717, 1.165) is 16.3 Å². The van der Waals surface area contributed by atoms with Gasteiger partial charge in [-0.2, -0.15) is 5.10 Å². The minimum absolute atomic E-state index is 0.0722. The Hall–Kier alpha value is -3.67. The SMILES string of the molecule is O=C(O)CC/C(=N\NC(=O)COc1ccc2ccccc2c1)c1ccccc1. The summed E-state index contributed by atoms with van der Waals surface area (Å²) in [4.78, 5) is 23.0. The van der Waals surface area contributed by atoms with Crippen LogP contribution in [0.3, 0.4) is 0 Å². The molecule has 0 spiro atoms. The molecule has 2 N–H and O–H groups in total. The minimum Gasteiger partial charge on any atom is -0.484 e. The molecule has 6 heteroatoms. The van der Waals surface area contributed by atoms with Crippen LogP contribution in [0.15, 0.2) is 77.9 Å². The molecule has 3 aromatic carbocycles. The Morgan fingerprint density at radius 3 is 2.36 bits per heavy atom. The van der Waals surface area contributed by atoms with E-state index in [1.807, 2.05) is 66.7 Å². The maximum Gasteiger partial charge on any atom is 0.303 e. The zero-order valence-corrected chi connectivity index (χ0v) is 15.2. The third kappa shape index (κ3) is 5.41. The van der Waals surface area contributed by atoms with Crippen molar-refractivity contribution in [2.45, 2.75) is 12.8 Å². The first-order chi connectivity index (χ1) is 13.6. The van der Waals surface area contributed by atoms with Crippen molar-refractivity contribution in [2.24, 2.45) is 5.10 Å². The van der Waals surface area contributed by atoms with E-state index in [0.29, 0.717) is 11.5 Å². The normalized spacial score (nSPS) is 11.2. The highest BCUT2D eigenvalue weighted by Gasteiger charge is 2.08. The molecule has 142 valence electrons. The van der Waals surface area contributed by atoms with E-state index in [-0.39, 0.29) is 19.4 Å². The molecule has 0 unspecified atom stereocenters. The molecule has 0 radical (unpaired) electrons. The van der Waals surface area contributed by atoms with Crippen molar-refractivity contribution in [2.75, 3.05) is 6.61 Å². The zero-order chi connectivity index (χ0) is 19.8. The molecular weight excluding hydrogens is 356 g/mol. The number of hydrazone groups is 1. The molecule has 0 fully saturated rings. The van der Waals surface area contributed by atoms with Crippen molar-refractivity contribution in [3.8, 4) is 5.75 Å². The monoisotopic (exact) mass is 376 g/mol. The van der Waals surface area contributed by atoms with E-state index >= 15 is 0 Å². The van der Waals surface area contributed by atoms with Crippen molar-refractivity contribution < 1.29 is 19.4 Å². The molecule has 1 amide bonds. The molecule has 0 saturated heterocycles. The Morgan fingerprint density at radius 1 is 0.893 bits per heavy atom. The van der Waals surface area contributed by atoms with Gasteiger partial charge in [-0.25, -0.2) is 5.43 Å². The molecule has 0 heterocycles. The van der Waals surface area contributed by atoms with E-state index in [1.54, 1.807) is 6.07 Å². The first-order valence-corrected chi connectivity index (χ1v) is 8.86.